The molecule has 108 valence electrons. The Bertz CT molecular complexity index is 631. The highest BCUT2D eigenvalue weighted by atomic mass is 79.9. The van der Waals surface area contributed by atoms with Crippen LogP contribution in [-0.4, -0.2) is 18.6 Å². The van der Waals surface area contributed by atoms with Crippen molar-refractivity contribution in [3.63, 3.8) is 0 Å². The molecular weight excluding hydrogens is 323 g/mol. The van der Waals surface area contributed by atoms with Gasteiger partial charge in [0.05, 0.1) is 22.3 Å². The first-order valence-electron chi connectivity index (χ1n) is 6.59. The number of ether oxygens (including phenoxy) is 1. The third kappa shape index (κ3) is 2.94. The van der Waals surface area contributed by atoms with Crippen molar-refractivity contribution in [2.24, 2.45) is 0 Å². The van der Waals surface area contributed by atoms with Crippen molar-refractivity contribution in [2.45, 2.75) is 26.9 Å². The predicted molar refractivity (Wildman–Crippen MR) is 83.6 cm³/mol. The van der Waals surface area contributed by atoms with E-state index in [9.17, 15) is 4.39 Å². The lowest BCUT2D eigenvalue weighted by molar-refractivity contribution is 0.182. The van der Waals surface area contributed by atoms with Crippen LogP contribution in [0.1, 0.15) is 24.6 Å². The second-order valence-corrected chi connectivity index (χ2v) is 5.53. The monoisotopic (exact) mass is 340 g/mol. The van der Waals surface area contributed by atoms with E-state index in [4.69, 9.17) is 4.74 Å². The van der Waals surface area contributed by atoms with Crippen LogP contribution in [0.3, 0.4) is 0 Å². The van der Waals surface area contributed by atoms with E-state index < -0.39 is 0 Å². The van der Waals surface area contributed by atoms with Crippen molar-refractivity contribution < 1.29 is 9.13 Å². The Morgan fingerprint density at radius 3 is 2.80 bits per heavy atom. The molecule has 0 aliphatic rings. The first kappa shape index (κ1) is 15.2. The quantitative estimate of drug-likeness (QED) is 0.875. The maximum absolute atomic E-state index is 13.9. The molecule has 0 unspecified atom stereocenters. The van der Waals surface area contributed by atoms with Crippen LogP contribution in [0.15, 0.2) is 16.6 Å². The zero-order valence-corrected chi connectivity index (χ0v) is 13.5. The molecule has 0 bridgehead atoms. The van der Waals surface area contributed by atoms with Crippen LogP contribution in [0, 0.1) is 12.7 Å². The Morgan fingerprint density at radius 2 is 2.15 bits per heavy atom. The summed E-state index contributed by atoms with van der Waals surface area (Å²) in [5.74, 6) is -0.268. The number of aryl methyl sites for hydroxylation is 1. The minimum Gasteiger partial charge on any atom is -0.384 e. The van der Waals surface area contributed by atoms with Gasteiger partial charge in [-0.15, -0.1) is 0 Å². The maximum Gasteiger partial charge on any atom is 0.138 e. The minimum atomic E-state index is -0.268. The van der Waals surface area contributed by atoms with Gasteiger partial charge in [0.15, 0.2) is 0 Å². The summed E-state index contributed by atoms with van der Waals surface area (Å²) >= 11 is 3.34. The number of rotatable bonds is 5. The van der Waals surface area contributed by atoms with Gasteiger partial charge >= 0.3 is 0 Å². The third-order valence-corrected chi connectivity index (χ3v) is 3.85. The number of hydrogen-bond donors (Lipinski definition) is 1. The molecule has 0 saturated heterocycles. The Labute approximate surface area is 126 Å². The number of hydrogen-bond acceptors (Lipinski definition) is 3. The van der Waals surface area contributed by atoms with Crippen molar-refractivity contribution >= 4 is 32.5 Å². The van der Waals surface area contributed by atoms with Gasteiger partial charge in [0.25, 0.3) is 0 Å². The lowest BCUT2D eigenvalue weighted by Crippen LogP contribution is -2.05. The van der Waals surface area contributed by atoms with E-state index in [0.717, 1.165) is 40.8 Å². The van der Waals surface area contributed by atoms with E-state index in [1.165, 1.54) is 6.07 Å². The molecule has 0 atom stereocenters. The second kappa shape index (κ2) is 6.50. The highest BCUT2D eigenvalue weighted by molar-refractivity contribution is 9.10. The molecule has 0 amide bonds. The van der Waals surface area contributed by atoms with Gasteiger partial charge in [-0.3, -0.25) is 0 Å². The van der Waals surface area contributed by atoms with Gasteiger partial charge in [0, 0.05) is 24.7 Å². The lowest BCUT2D eigenvalue weighted by atomic mass is 10.1. The summed E-state index contributed by atoms with van der Waals surface area (Å²) in [6.45, 7) is 5.22. The first-order valence-corrected chi connectivity index (χ1v) is 7.38. The van der Waals surface area contributed by atoms with E-state index in [2.05, 4.69) is 33.2 Å². The molecule has 1 heterocycles. The molecule has 2 aromatic rings. The predicted octanol–water partition coefficient (Wildman–Crippen LogP) is 4.41. The standard InChI is InChI=1S/C15H18BrFN2O/c1-4-5-18-12-7-10(8-20-3)19-15-9(2)6-11(17)14(16)13(12)15/h6-7H,4-5,8H2,1-3H3,(H,18,19). The molecule has 5 heteroatoms. The van der Waals surface area contributed by atoms with Crippen LogP contribution in [-0.2, 0) is 11.3 Å². The maximum atomic E-state index is 13.9. The number of nitrogens with zero attached hydrogens (tertiary/aromatic N) is 1. The fourth-order valence-electron chi connectivity index (χ4n) is 2.17. The van der Waals surface area contributed by atoms with Gasteiger partial charge in [-0.1, -0.05) is 6.92 Å². The molecule has 0 fully saturated rings. The molecule has 2 rings (SSSR count). The van der Waals surface area contributed by atoms with Crippen LogP contribution >= 0.6 is 15.9 Å². The van der Waals surface area contributed by atoms with Gasteiger partial charge in [-0.25, -0.2) is 9.37 Å². The molecular formula is C15H18BrFN2O. The topological polar surface area (TPSA) is 34.1 Å². The number of methoxy groups -OCH3 is 1. The summed E-state index contributed by atoms with van der Waals surface area (Å²) in [4.78, 5) is 4.57. The highest BCUT2D eigenvalue weighted by Crippen LogP contribution is 2.34. The van der Waals surface area contributed by atoms with Gasteiger partial charge < -0.3 is 10.1 Å². The zero-order chi connectivity index (χ0) is 14.7. The van der Waals surface area contributed by atoms with Gasteiger partial charge in [-0.05, 0) is 47.0 Å². The summed E-state index contributed by atoms with van der Waals surface area (Å²) in [5.41, 5.74) is 3.34. The fraction of sp³-hybridized carbons (Fsp3) is 0.400. The van der Waals surface area contributed by atoms with E-state index in [1.807, 2.05) is 13.0 Å². The van der Waals surface area contributed by atoms with Crippen molar-refractivity contribution in [3.8, 4) is 0 Å². The van der Waals surface area contributed by atoms with E-state index in [0.29, 0.717) is 11.1 Å². The normalized spacial score (nSPS) is 11.1. The van der Waals surface area contributed by atoms with Gasteiger partial charge in [0.1, 0.15) is 5.82 Å². The average Bonchev–Trinajstić information content (AvgIpc) is 2.42. The number of aromatic nitrogens is 1. The summed E-state index contributed by atoms with van der Waals surface area (Å²) in [6.07, 6.45) is 0.995. The molecule has 1 aromatic heterocycles. The molecule has 0 spiro atoms. The number of halogens is 2. The molecule has 20 heavy (non-hydrogen) atoms. The van der Waals surface area contributed by atoms with E-state index in [1.54, 1.807) is 7.11 Å². The van der Waals surface area contributed by atoms with Crippen LogP contribution < -0.4 is 5.32 Å². The molecule has 1 aromatic carbocycles. The Hall–Kier alpha value is -1.20. The number of nitrogens with one attached hydrogen (secondary N) is 1. The van der Waals surface area contributed by atoms with Crippen LogP contribution in [0.2, 0.25) is 0 Å². The van der Waals surface area contributed by atoms with E-state index >= 15 is 0 Å². The Kier molecular flexibility index (Phi) is 4.94. The molecule has 0 aliphatic carbocycles. The van der Waals surface area contributed by atoms with Gasteiger partial charge in [0.2, 0.25) is 0 Å². The molecule has 3 nitrogen and oxygen atoms in total. The number of anilines is 1. The minimum absolute atomic E-state index is 0.268. The SMILES string of the molecule is CCCNc1cc(COC)nc2c(C)cc(F)c(Br)c12. The molecule has 0 radical (unpaired) electrons. The molecule has 1 N–H and O–H groups in total. The van der Waals surface area contributed by atoms with Gasteiger partial charge in [-0.2, -0.15) is 0 Å². The Balaban J connectivity index is 2.70. The largest absolute Gasteiger partial charge is 0.384 e. The lowest BCUT2D eigenvalue weighted by Gasteiger charge is -2.14. The highest BCUT2D eigenvalue weighted by Gasteiger charge is 2.14. The van der Waals surface area contributed by atoms with Crippen molar-refractivity contribution in [2.75, 3.05) is 19.0 Å². The summed E-state index contributed by atoms with van der Waals surface area (Å²) in [6, 6.07) is 3.42. The number of pyridine rings is 1. The summed E-state index contributed by atoms with van der Waals surface area (Å²) < 4.78 is 19.5. The van der Waals surface area contributed by atoms with Crippen LogP contribution in [0.5, 0.6) is 0 Å². The van der Waals surface area contributed by atoms with Crippen molar-refractivity contribution in [3.05, 3.63) is 33.7 Å². The summed E-state index contributed by atoms with van der Waals surface area (Å²) in [5, 5.41) is 4.13. The smallest absolute Gasteiger partial charge is 0.138 e. The zero-order valence-electron chi connectivity index (χ0n) is 11.9. The molecule has 0 saturated carbocycles. The second-order valence-electron chi connectivity index (χ2n) is 4.73. The van der Waals surface area contributed by atoms with Crippen LogP contribution in [0.25, 0.3) is 10.9 Å². The Morgan fingerprint density at radius 1 is 1.40 bits per heavy atom. The van der Waals surface area contributed by atoms with Crippen LogP contribution in [0.4, 0.5) is 10.1 Å². The number of fused-ring (bicyclic) bond motifs is 1. The average molecular weight is 341 g/mol. The molecule has 0 aliphatic heterocycles. The number of benzene rings is 1. The summed E-state index contributed by atoms with van der Waals surface area (Å²) in [7, 11) is 1.64. The third-order valence-electron chi connectivity index (χ3n) is 3.08. The van der Waals surface area contributed by atoms with Crippen molar-refractivity contribution in [1.82, 2.24) is 4.98 Å². The van der Waals surface area contributed by atoms with Crippen molar-refractivity contribution in [1.29, 1.82) is 0 Å². The van der Waals surface area contributed by atoms with E-state index in [-0.39, 0.29) is 5.82 Å². The first-order chi connectivity index (χ1) is 9.58. The fourth-order valence-corrected chi connectivity index (χ4v) is 2.68.